The van der Waals surface area contributed by atoms with Gasteiger partial charge in [-0.05, 0) is 0 Å². The summed E-state index contributed by atoms with van der Waals surface area (Å²) in [4.78, 5) is 12.4. The van der Waals surface area contributed by atoms with Crippen molar-refractivity contribution in [2.45, 2.75) is 18.6 Å². The molecule has 76 valence electrons. The maximum Gasteiger partial charge on any atom is 0.121 e. The van der Waals surface area contributed by atoms with Gasteiger partial charge in [0, 0.05) is 40.3 Å². The lowest BCUT2D eigenvalue weighted by molar-refractivity contribution is -0.108. The van der Waals surface area contributed by atoms with Crippen LogP contribution in [0, 0.1) is 0 Å². The number of carbonyl (C=O) groups is 1. The number of ether oxygens (including phenoxy) is 2. The van der Waals surface area contributed by atoms with Gasteiger partial charge in [0.15, 0.2) is 0 Å². The summed E-state index contributed by atoms with van der Waals surface area (Å²) in [7, 11) is 3.39. The first-order chi connectivity index (χ1) is 6.31. The van der Waals surface area contributed by atoms with Crippen molar-refractivity contribution in [2.24, 2.45) is 0 Å². The van der Waals surface area contributed by atoms with Gasteiger partial charge in [0.05, 0.1) is 12.2 Å². The van der Waals surface area contributed by atoms with Gasteiger partial charge in [0.1, 0.15) is 6.29 Å². The lowest BCUT2D eigenvalue weighted by Gasteiger charge is -2.13. The molecule has 1 aliphatic heterocycles. The van der Waals surface area contributed by atoms with Gasteiger partial charge in [-0.15, -0.1) is 0 Å². The molecule has 0 saturated carbocycles. The third kappa shape index (κ3) is 2.76. The average molecular weight is 187 g/mol. The number of hydrogen-bond donors (Lipinski definition) is 0. The van der Waals surface area contributed by atoms with Crippen molar-refractivity contribution in [2.75, 3.05) is 33.9 Å². The van der Waals surface area contributed by atoms with Gasteiger partial charge in [-0.25, -0.2) is 0 Å². The molecule has 13 heavy (non-hydrogen) atoms. The number of aldehydes is 1. The molecule has 1 rings (SSSR count). The van der Waals surface area contributed by atoms with E-state index < -0.39 is 0 Å². The van der Waals surface area contributed by atoms with Crippen LogP contribution < -0.4 is 0 Å². The fraction of sp³-hybridized carbons (Fsp3) is 0.889. The summed E-state index contributed by atoms with van der Waals surface area (Å²) >= 11 is 0. The van der Waals surface area contributed by atoms with E-state index in [-0.39, 0.29) is 12.2 Å². The van der Waals surface area contributed by atoms with Crippen LogP contribution >= 0.6 is 0 Å². The molecule has 0 spiro atoms. The van der Waals surface area contributed by atoms with Gasteiger partial charge in [-0.1, -0.05) is 0 Å². The van der Waals surface area contributed by atoms with Gasteiger partial charge in [0.2, 0.25) is 0 Å². The molecule has 0 aromatic carbocycles. The molecule has 1 heterocycles. The summed E-state index contributed by atoms with van der Waals surface area (Å²) in [5, 5.41) is 0. The lowest BCUT2D eigenvalue weighted by Crippen LogP contribution is -2.27. The van der Waals surface area contributed by atoms with Crippen LogP contribution in [0.2, 0.25) is 0 Å². The van der Waals surface area contributed by atoms with E-state index >= 15 is 0 Å². The molecule has 0 aromatic heterocycles. The first-order valence-electron chi connectivity index (χ1n) is 4.53. The number of hydrogen-bond acceptors (Lipinski definition) is 4. The van der Waals surface area contributed by atoms with E-state index in [0.717, 1.165) is 25.9 Å². The number of rotatable bonds is 5. The van der Waals surface area contributed by atoms with Gasteiger partial charge in [-0.3, -0.25) is 4.90 Å². The maximum atomic E-state index is 10.2. The third-order valence-corrected chi connectivity index (χ3v) is 2.46. The van der Waals surface area contributed by atoms with Crippen LogP contribution in [0.3, 0.4) is 0 Å². The minimum Gasteiger partial charge on any atom is -0.377 e. The van der Waals surface area contributed by atoms with Crippen molar-refractivity contribution in [3.05, 3.63) is 0 Å². The molecule has 4 nitrogen and oxygen atoms in total. The molecule has 1 saturated heterocycles. The molecule has 0 aliphatic carbocycles. The molecule has 0 amide bonds. The Morgan fingerprint density at radius 3 is 2.23 bits per heavy atom. The molecule has 0 N–H and O–H groups in total. The van der Waals surface area contributed by atoms with Crippen molar-refractivity contribution < 1.29 is 14.3 Å². The Bertz CT molecular complexity index is 151. The van der Waals surface area contributed by atoms with Gasteiger partial charge in [-0.2, -0.15) is 0 Å². The molecule has 1 fully saturated rings. The Morgan fingerprint density at radius 2 is 1.85 bits per heavy atom. The topological polar surface area (TPSA) is 38.8 Å². The summed E-state index contributed by atoms with van der Waals surface area (Å²) in [5.41, 5.74) is 0. The fourth-order valence-electron chi connectivity index (χ4n) is 1.69. The minimum absolute atomic E-state index is 0.150. The van der Waals surface area contributed by atoms with E-state index in [2.05, 4.69) is 4.90 Å². The smallest absolute Gasteiger partial charge is 0.121 e. The zero-order chi connectivity index (χ0) is 9.68. The van der Waals surface area contributed by atoms with Crippen molar-refractivity contribution in [3.63, 3.8) is 0 Å². The van der Waals surface area contributed by atoms with E-state index in [9.17, 15) is 4.79 Å². The molecular weight excluding hydrogens is 170 g/mol. The zero-order valence-corrected chi connectivity index (χ0v) is 8.23. The molecule has 2 unspecified atom stereocenters. The van der Waals surface area contributed by atoms with Gasteiger partial charge in [0.25, 0.3) is 0 Å². The Morgan fingerprint density at radius 1 is 1.31 bits per heavy atom. The number of nitrogens with zero attached hydrogens (tertiary/aromatic N) is 1. The van der Waals surface area contributed by atoms with Gasteiger partial charge < -0.3 is 14.3 Å². The first kappa shape index (κ1) is 10.6. The van der Waals surface area contributed by atoms with Crippen LogP contribution in [0.5, 0.6) is 0 Å². The monoisotopic (exact) mass is 187 g/mol. The number of likely N-dealkylation sites (tertiary alicyclic amines) is 1. The van der Waals surface area contributed by atoms with E-state index in [1.54, 1.807) is 14.2 Å². The highest BCUT2D eigenvalue weighted by molar-refractivity contribution is 5.49. The highest BCUT2D eigenvalue weighted by Crippen LogP contribution is 2.15. The number of carbonyl (C=O) groups excluding carboxylic acids is 1. The largest absolute Gasteiger partial charge is 0.377 e. The summed E-state index contributed by atoms with van der Waals surface area (Å²) in [6.45, 7) is 2.54. The summed E-state index contributed by atoms with van der Waals surface area (Å²) < 4.78 is 10.5. The lowest BCUT2D eigenvalue weighted by atomic mass is 10.3. The first-order valence-corrected chi connectivity index (χ1v) is 4.53. The summed E-state index contributed by atoms with van der Waals surface area (Å²) in [6.07, 6.45) is 1.84. The van der Waals surface area contributed by atoms with Crippen molar-refractivity contribution in [1.82, 2.24) is 4.90 Å². The molecule has 4 heteroatoms. The van der Waals surface area contributed by atoms with Crippen molar-refractivity contribution in [3.8, 4) is 0 Å². The van der Waals surface area contributed by atoms with Gasteiger partial charge >= 0.3 is 0 Å². The van der Waals surface area contributed by atoms with Crippen LogP contribution in [0.1, 0.15) is 6.42 Å². The predicted molar refractivity (Wildman–Crippen MR) is 48.7 cm³/mol. The zero-order valence-electron chi connectivity index (χ0n) is 8.23. The second-order valence-corrected chi connectivity index (χ2v) is 3.26. The van der Waals surface area contributed by atoms with E-state index in [1.807, 2.05) is 0 Å². The van der Waals surface area contributed by atoms with E-state index in [1.165, 1.54) is 0 Å². The normalized spacial score (nSPS) is 29.4. The Kier molecular flexibility index (Phi) is 4.35. The van der Waals surface area contributed by atoms with Crippen LogP contribution in [0.25, 0.3) is 0 Å². The van der Waals surface area contributed by atoms with Crippen LogP contribution in [0.4, 0.5) is 0 Å². The molecule has 0 aromatic rings. The molecule has 1 aliphatic rings. The highest BCUT2D eigenvalue weighted by Gasteiger charge is 2.32. The molecular formula is C9H17NO3. The van der Waals surface area contributed by atoms with Crippen LogP contribution in [0.15, 0.2) is 0 Å². The third-order valence-electron chi connectivity index (χ3n) is 2.46. The molecule has 2 atom stereocenters. The Balaban J connectivity index is 2.33. The second-order valence-electron chi connectivity index (χ2n) is 3.26. The molecule has 0 radical (unpaired) electrons. The van der Waals surface area contributed by atoms with Crippen molar-refractivity contribution in [1.29, 1.82) is 0 Å². The quantitative estimate of drug-likeness (QED) is 0.564. The minimum atomic E-state index is 0.150. The van der Waals surface area contributed by atoms with E-state index in [0.29, 0.717) is 6.42 Å². The standard InChI is InChI=1S/C9H17NO3/c1-12-8-6-10(4-3-5-11)7-9(8)13-2/h5,8-9H,3-4,6-7H2,1-2H3. The van der Waals surface area contributed by atoms with Crippen LogP contribution in [-0.4, -0.2) is 57.2 Å². The number of methoxy groups -OCH3 is 2. The van der Waals surface area contributed by atoms with E-state index in [4.69, 9.17) is 9.47 Å². The maximum absolute atomic E-state index is 10.2. The SMILES string of the molecule is COC1CN(CCC=O)CC1OC. The Hall–Kier alpha value is -0.450. The second kappa shape index (κ2) is 5.32. The average Bonchev–Trinajstić information content (AvgIpc) is 2.57. The highest BCUT2D eigenvalue weighted by atomic mass is 16.5. The molecule has 0 bridgehead atoms. The predicted octanol–water partition coefficient (Wildman–Crippen LogP) is -0.0790. The van der Waals surface area contributed by atoms with Crippen molar-refractivity contribution >= 4 is 6.29 Å². The van der Waals surface area contributed by atoms with Crippen LogP contribution in [-0.2, 0) is 14.3 Å². The Labute approximate surface area is 78.8 Å². The fourth-order valence-corrected chi connectivity index (χ4v) is 1.69. The summed E-state index contributed by atoms with van der Waals surface area (Å²) in [5.74, 6) is 0. The summed E-state index contributed by atoms with van der Waals surface area (Å²) in [6, 6.07) is 0.